The van der Waals surface area contributed by atoms with E-state index in [0.29, 0.717) is 12.8 Å². The number of nitrogens with two attached hydrogens (primary N) is 1. The molecule has 5 heteroatoms. The zero-order valence-electron chi connectivity index (χ0n) is 10.2. The monoisotopic (exact) mass is 226 g/mol. The van der Waals surface area contributed by atoms with E-state index in [1.54, 1.807) is 0 Å². The van der Waals surface area contributed by atoms with Crippen molar-refractivity contribution in [3.8, 4) is 0 Å². The van der Waals surface area contributed by atoms with E-state index in [-0.39, 0.29) is 6.54 Å². The van der Waals surface area contributed by atoms with Gasteiger partial charge in [-0.1, -0.05) is 20.3 Å². The van der Waals surface area contributed by atoms with Crippen molar-refractivity contribution in [1.29, 1.82) is 0 Å². The van der Waals surface area contributed by atoms with Gasteiger partial charge in [-0.3, -0.25) is 4.68 Å². The van der Waals surface area contributed by atoms with Gasteiger partial charge in [0, 0.05) is 19.5 Å². The van der Waals surface area contributed by atoms with Crippen molar-refractivity contribution in [2.24, 2.45) is 5.73 Å². The molecule has 1 rings (SSSR count). The molecule has 0 aromatic carbocycles. The molecule has 3 N–H and O–H groups in total. The molecular formula is C11H22N4O. The third-order valence-electron chi connectivity index (χ3n) is 2.71. The highest BCUT2D eigenvalue weighted by molar-refractivity contribution is 4.95. The van der Waals surface area contributed by atoms with Crippen molar-refractivity contribution in [3.63, 3.8) is 0 Å². The molecule has 1 atom stereocenters. The Morgan fingerprint density at radius 3 is 2.75 bits per heavy atom. The van der Waals surface area contributed by atoms with Crippen LogP contribution in [0, 0.1) is 0 Å². The highest BCUT2D eigenvalue weighted by atomic mass is 16.3. The number of aliphatic hydroxyl groups is 1. The number of aromatic nitrogens is 3. The molecule has 0 bridgehead atoms. The van der Waals surface area contributed by atoms with Crippen molar-refractivity contribution in [2.75, 3.05) is 6.54 Å². The zero-order valence-corrected chi connectivity index (χ0v) is 10.2. The van der Waals surface area contributed by atoms with Crippen LogP contribution in [0.2, 0.25) is 0 Å². The van der Waals surface area contributed by atoms with E-state index in [1.807, 2.05) is 11.6 Å². The molecule has 1 unspecified atom stereocenters. The van der Waals surface area contributed by atoms with Crippen LogP contribution in [0.1, 0.15) is 38.9 Å². The highest BCUT2D eigenvalue weighted by Gasteiger charge is 2.26. The fraction of sp³-hybridized carbons (Fsp3) is 0.818. The van der Waals surface area contributed by atoms with Gasteiger partial charge in [0.2, 0.25) is 0 Å². The SMILES string of the molecule is CCCn1ncnc1CC(O)(CN)CCC. The molecule has 0 spiro atoms. The van der Waals surface area contributed by atoms with E-state index in [1.165, 1.54) is 6.33 Å². The molecule has 0 radical (unpaired) electrons. The van der Waals surface area contributed by atoms with Gasteiger partial charge >= 0.3 is 0 Å². The maximum atomic E-state index is 10.3. The van der Waals surface area contributed by atoms with Crippen LogP contribution in [0.4, 0.5) is 0 Å². The largest absolute Gasteiger partial charge is 0.388 e. The lowest BCUT2D eigenvalue weighted by Gasteiger charge is -2.25. The summed E-state index contributed by atoms with van der Waals surface area (Å²) < 4.78 is 1.84. The van der Waals surface area contributed by atoms with Gasteiger partial charge in [-0.15, -0.1) is 0 Å². The average molecular weight is 226 g/mol. The molecule has 0 saturated heterocycles. The van der Waals surface area contributed by atoms with Crippen LogP contribution < -0.4 is 5.73 Å². The Labute approximate surface area is 96.7 Å². The Morgan fingerprint density at radius 1 is 1.44 bits per heavy atom. The molecule has 0 saturated carbocycles. The van der Waals surface area contributed by atoms with Crippen LogP contribution >= 0.6 is 0 Å². The number of rotatable bonds is 7. The lowest BCUT2D eigenvalue weighted by molar-refractivity contribution is 0.0368. The van der Waals surface area contributed by atoms with Gasteiger partial charge in [0.05, 0.1) is 5.60 Å². The van der Waals surface area contributed by atoms with Crippen molar-refractivity contribution in [1.82, 2.24) is 14.8 Å². The van der Waals surface area contributed by atoms with Gasteiger partial charge in [0.15, 0.2) is 0 Å². The third kappa shape index (κ3) is 3.28. The molecule has 1 heterocycles. The lowest BCUT2D eigenvalue weighted by Crippen LogP contribution is -2.40. The Morgan fingerprint density at radius 2 is 2.19 bits per heavy atom. The predicted octanol–water partition coefficient (Wildman–Crippen LogP) is 0.720. The molecule has 1 aromatic rings. The Hall–Kier alpha value is -0.940. The maximum Gasteiger partial charge on any atom is 0.138 e. The smallest absolute Gasteiger partial charge is 0.138 e. The predicted molar refractivity (Wildman–Crippen MR) is 62.9 cm³/mol. The summed E-state index contributed by atoms with van der Waals surface area (Å²) in [5.74, 6) is 0.822. The zero-order chi connectivity index (χ0) is 12.0. The summed E-state index contributed by atoms with van der Waals surface area (Å²) >= 11 is 0. The first-order chi connectivity index (χ1) is 7.65. The fourth-order valence-electron chi connectivity index (χ4n) is 1.85. The Balaban J connectivity index is 2.73. The molecule has 0 aliphatic rings. The molecule has 16 heavy (non-hydrogen) atoms. The van der Waals surface area contributed by atoms with Crippen LogP contribution in [-0.4, -0.2) is 32.0 Å². The first-order valence-corrected chi connectivity index (χ1v) is 5.94. The summed E-state index contributed by atoms with van der Waals surface area (Å²) in [6.45, 7) is 5.23. The minimum atomic E-state index is -0.840. The molecule has 0 amide bonds. The summed E-state index contributed by atoms with van der Waals surface area (Å²) in [4.78, 5) is 4.19. The minimum Gasteiger partial charge on any atom is -0.388 e. The van der Waals surface area contributed by atoms with Crippen molar-refractivity contribution >= 4 is 0 Å². The number of nitrogens with zero attached hydrogens (tertiary/aromatic N) is 3. The molecular weight excluding hydrogens is 204 g/mol. The second kappa shape index (κ2) is 5.96. The van der Waals surface area contributed by atoms with E-state index in [0.717, 1.165) is 25.2 Å². The highest BCUT2D eigenvalue weighted by Crippen LogP contribution is 2.16. The first kappa shape index (κ1) is 13.1. The molecule has 0 fully saturated rings. The first-order valence-electron chi connectivity index (χ1n) is 5.94. The van der Waals surface area contributed by atoms with E-state index in [2.05, 4.69) is 17.0 Å². The summed E-state index contributed by atoms with van der Waals surface area (Å²) in [7, 11) is 0. The molecule has 0 aliphatic carbocycles. The average Bonchev–Trinajstić information content (AvgIpc) is 2.67. The Bertz CT molecular complexity index is 313. The number of aryl methyl sites for hydroxylation is 1. The fourth-order valence-corrected chi connectivity index (χ4v) is 1.85. The van der Waals surface area contributed by atoms with Gasteiger partial charge in [-0.05, 0) is 12.8 Å². The number of hydrogen-bond acceptors (Lipinski definition) is 4. The van der Waals surface area contributed by atoms with Crippen molar-refractivity contribution in [2.45, 2.75) is 51.7 Å². The summed E-state index contributed by atoms with van der Waals surface area (Å²) in [5.41, 5.74) is 4.79. The molecule has 92 valence electrons. The second-order valence-electron chi connectivity index (χ2n) is 4.25. The van der Waals surface area contributed by atoms with Crippen LogP contribution in [0.25, 0.3) is 0 Å². The lowest BCUT2D eigenvalue weighted by atomic mass is 9.94. The Kier molecular flexibility index (Phi) is 4.89. The van der Waals surface area contributed by atoms with Crippen LogP contribution in [0.3, 0.4) is 0 Å². The minimum absolute atomic E-state index is 0.264. The van der Waals surface area contributed by atoms with Gasteiger partial charge < -0.3 is 10.8 Å². The van der Waals surface area contributed by atoms with Gasteiger partial charge in [0.25, 0.3) is 0 Å². The van der Waals surface area contributed by atoms with Crippen LogP contribution in [0.5, 0.6) is 0 Å². The molecule has 5 nitrogen and oxygen atoms in total. The van der Waals surface area contributed by atoms with Crippen LogP contribution in [0.15, 0.2) is 6.33 Å². The summed E-state index contributed by atoms with van der Waals surface area (Å²) in [6, 6.07) is 0. The van der Waals surface area contributed by atoms with E-state index >= 15 is 0 Å². The van der Waals surface area contributed by atoms with E-state index in [9.17, 15) is 5.11 Å². The van der Waals surface area contributed by atoms with E-state index < -0.39 is 5.60 Å². The van der Waals surface area contributed by atoms with Gasteiger partial charge in [-0.2, -0.15) is 5.10 Å². The topological polar surface area (TPSA) is 77.0 Å². The van der Waals surface area contributed by atoms with Crippen LogP contribution in [-0.2, 0) is 13.0 Å². The summed E-state index contributed by atoms with van der Waals surface area (Å²) in [5, 5.41) is 14.4. The molecule has 0 aliphatic heterocycles. The third-order valence-corrected chi connectivity index (χ3v) is 2.71. The standard InChI is InChI=1S/C11H22N4O/c1-3-5-11(16,8-12)7-10-13-9-14-15(10)6-4-2/h9,16H,3-8,12H2,1-2H3. The normalized spacial score (nSPS) is 15.0. The van der Waals surface area contributed by atoms with Gasteiger partial charge in [0.1, 0.15) is 12.2 Å². The van der Waals surface area contributed by atoms with Crippen molar-refractivity contribution < 1.29 is 5.11 Å². The maximum absolute atomic E-state index is 10.3. The van der Waals surface area contributed by atoms with Gasteiger partial charge in [-0.25, -0.2) is 4.98 Å². The van der Waals surface area contributed by atoms with E-state index in [4.69, 9.17) is 5.73 Å². The summed E-state index contributed by atoms with van der Waals surface area (Å²) in [6.07, 6.45) is 4.63. The van der Waals surface area contributed by atoms with Crippen molar-refractivity contribution in [3.05, 3.63) is 12.2 Å². The molecule has 1 aromatic heterocycles. The quantitative estimate of drug-likeness (QED) is 0.718. The second-order valence-corrected chi connectivity index (χ2v) is 4.25. The number of hydrogen-bond donors (Lipinski definition) is 2.